The van der Waals surface area contributed by atoms with E-state index in [9.17, 15) is 0 Å². The van der Waals surface area contributed by atoms with E-state index < -0.39 is 0 Å². The molecule has 0 spiro atoms. The zero-order chi connectivity index (χ0) is 18.8. The molecule has 2 rings (SSSR count). The first-order chi connectivity index (χ1) is 12.7. The van der Waals surface area contributed by atoms with Crippen molar-refractivity contribution in [1.29, 1.82) is 0 Å². The van der Waals surface area contributed by atoms with Crippen molar-refractivity contribution in [3.8, 4) is 11.5 Å². The summed E-state index contributed by atoms with van der Waals surface area (Å²) in [5, 5.41) is 8.78. The van der Waals surface area contributed by atoms with Crippen LogP contribution < -0.4 is 20.1 Å². The lowest BCUT2D eigenvalue weighted by Crippen LogP contribution is -2.37. The van der Waals surface area contributed by atoms with Crippen LogP contribution in [0.15, 0.2) is 47.3 Å². The van der Waals surface area contributed by atoms with Crippen molar-refractivity contribution in [3.63, 3.8) is 0 Å². The second-order valence-electron chi connectivity index (χ2n) is 5.67. The maximum absolute atomic E-state index is 5.48. The number of guanidine groups is 1. The zero-order valence-electron chi connectivity index (χ0n) is 15.7. The molecule has 0 atom stereocenters. The summed E-state index contributed by atoms with van der Waals surface area (Å²) >= 11 is 1.77. The summed E-state index contributed by atoms with van der Waals surface area (Å²) in [5.41, 5.74) is 2.15. The van der Waals surface area contributed by atoms with Crippen LogP contribution in [0.4, 0.5) is 0 Å². The topological polar surface area (TPSA) is 54.9 Å². The molecule has 26 heavy (non-hydrogen) atoms. The van der Waals surface area contributed by atoms with E-state index in [1.165, 1.54) is 4.88 Å². The Hall–Kier alpha value is -2.47. The number of methoxy groups -OCH3 is 2. The predicted octanol–water partition coefficient (Wildman–Crippen LogP) is 3.40. The molecule has 0 radical (unpaired) electrons. The van der Waals surface area contributed by atoms with Gasteiger partial charge in [-0.2, -0.15) is 0 Å². The fourth-order valence-electron chi connectivity index (χ4n) is 2.68. The predicted molar refractivity (Wildman–Crippen MR) is 110 cm³/mol. The minimum absolute atomic E-state index is 0.642. The number of rotatable bonds is 9. The number of ether oxygens (including phenoxy) is 2. The Balaban J connectivity index is 1.97. The molecule has 0 saturated carbocycles. The average molecular weight is 374 g/mol. The van der Waals surface area contributed by atoms with E-state index in [-0.39, 0.29) is 0 Å². The van der Waals surface area contributed by atoms with Gasteiger partial charge in [-0.1, -0.05) is 12.1 Å². The second-order valence-corrected chi connectivity index (χ2v) is 6.70. The SMILES string of the molecule is C=CCc1cc(CNC(=NC)NCCc2cccs2)cc(OC)c1OC. The van der Waals surface area contributed by atoms with Crippen LogP contribution in [0, 0.1) is 0 Å². The largest absolute Gasteiger partial charge is 0.493 e. The first-order valence-corrected chi connectivity index (χ1v) is 9.41. The van der Waals surface area contributed by atoms with Crippen LogP contribution in [0.3, 0.4) is 0 Å². The number of benzene rings is 1. The summed E-state index contributed by atoms with van der Waals surface area (Å²) in [6.07, 6.45) is 3.57. The standard InChI is InChI=1S/C20H27N3O2S/c1-5-7-16-12-15(13-18(24-3)19(16)25-4)14-23-20(21-2)22-10-9-17-8-6-11-26-17/h5-6,8,11-13H,1,7,9-10,14H2,2-4H3,(H2,21,22,23). The Labute approximate surface area is 159 Å². The average Bonchev–Trinajstić information content (AvgIpc) is 3.17. The summed E-state index contributed by atoms with van der Waals surface area (Å²) in [5.74, 6) is 2.26. The van der Waals surface area contributed by atoms with Gasteiger partial charge >= 0.3 is 0 Å². The van der Waals surface area contributed by atoms with Gasteiger partial charge in [-0.3, -0.25) is 4.99 Å². The van der Waals surface area contributed by atoms with E-state index in [0.717, 1.165) is 48.0 Å². The quantitative estimate of drug-likeness (QED) is 0.402. The second kappa shape index (κ2) is 10.5. The Bertz CT molecular complexity index is 727. The number of nitrogens with one attached hydrogen (secondary N) is 2. The highest BCUT2D eigenvalue weighted by atomic mass is 32.1. The summed E-state index contributed by atoms with van der Waals surface area (Å²) in [6, 6.07) is 8.31. The fourth-order valence-corrected chi connectivity index (χ4v) is 3.39. The molecule has 2 aromatic rings. The molecule has 2 N–H and O–H groups in total. The third-order valence-electron chi connectivity index (χ3n) is 3.91. The molecule has 0 unspecified atom stereocenters. The van der Waals surface area contributed by atoms with Gasteiger partial charge in [-0.25, -0.2) is 0 Å². The highest BCUT2D eigenvalue weighted by Crippen LogP contribution is 2.33. The third kappa shape index (κ3) is 5.52. The number of hydrogen-bond acceptors (Lipinski definition) is 4. The fraction of sp³-hybridized carbons (Fsp3) is 0.350. The molecule has 5 nitrogen and oxygen atoms in total. The van der Waals surface area contributed by atoms with E-state index >= 15 is 0 Å². The van der Waals surface area contributed by atoms with Crippen molar-refractivity contribution in [2.75, 3.05) is 27.8 Å². The minimum atomic E-state index is 0.642. The number of aliphatic imine (C=N–C) groups is 1. The van der Waals surface area contributed by atoms with Crippen molar-refractivity contribution in [3.05, 3.63) is 58.3 Å². The lowest BCUT2D eigenvalue weighted by molar-refractivity contribution is 0.352. The van der Waals surface area contributed by atoms with Crippen molar-refractivity contribution in [1.82, 2.24) is 10.6 Å². The molecule has 0 aliphatic heterocycles. The molecule has 0 aliphatic carbocycles. The van der Waals surface area contributed by atoms with E-state index in [4.69, 9.17) is 9.47 Å². The Morgan fingerprint density at radius 1 is 1.27 bits per heavy atom. The van der Waals surface area contributed by atoms with Crippen LogP contribution in [-0.4, -0.2) is 33.8 Å². The van der Waals surface area contributed by atoms with Gasteiger partial charge in [0, 0.05) is 30.6 Å². The van der Waals surface area contributed by atoms with Gasteiger partial charge in [0.1, 0.15) is 0 Å². The molecular weight excluding hydrogens is 346 g/mol. The van der Waals surface area contributed by atoms with Gasteiger partial charge in [-0.05, 0) is 42.0 Å². The number of thiophene rings is 1. The molecule has 0 aliphatic rings. The lowest BCUT2D eigenvalue weighted by atomic mass is 10.1. The van der Waals surface area contributed by atoms with Crippen molar-refractivity contribution < 1.29 is 9.47 Å². The maximum atomic E-state index is 5.48. The highest BCUT2D eigenvalue weighted by Gasteiger charge is 2.12. The van der Waals surface area contributed by atoms with Crippen LogP contribution >= 0.6 is 11.3 Å². The summed E-state index contributed by atoms with van der Waals surface area (Å²) in [7, 11) is 5.08. The molecule has 140 valence electrons. The van der Waals surface area contributed by atoms with Crippen molar-refractivity contribution >= 4 is 17.3 Å². The Morgan fingerprint density at radius 3 is 2.73 bits per heavy atom. The van der Waals surface area contributed by atoms with Gasteiger partial charge in [0.2, 0.25) is 0 Å². The van der Waals surface area contributed by atoms with E-state index in [0.29, 0.717) is 6.54 Å². The van der Waals surface area contributed by atoms with E-state index in [1.807, 2.05) is 12.1 Å². The van der Waals surface area contributed by atoms with E-state index in [2.05, 4.69) is 45.8 Å². The van der Waals surface area contributed by atoms with Crippen molar-refractivity contribution in [2.24, 2.45) is 4.99 Å². The molecule has 0 fully saturated rings. The molecule has 0 saturated heterocycles. The van der Waals surface area contributed by atoms with Gasteiger partial charge in [0.25, 0.3) is 0 Å². The van der Waals surface area contributed by atoms with Gasteiger partial charge in [-0.15, -0.1) is 17.9 Å². The monoisotopic (exact) mass is 373 g/mol. The maximum Gasteiger partial charge on any atom is 0.191 e. The number of hydrogen-bond donors (Lipinski definition) is 2. The molecule has 1 aromatic carbocycles. The summed E-state index contributed by atoms with van der Waals surface area (Å²) in [6.45, 7) is 5.30. The van der Waals surface area contributed by atoms with Crippen LogP contribution in [0.1, 0.15) is 16.0 Å². The summed E-state index contributed by atoms with van der Waals surface area (Å²) in [4.78, 5) is 5.65. The third-order valence-corrected chi connectivity index (χ3v) is 4.84. The molecule has 0 amide bonds. The number of allylic oxidation sites excluding steroid dienone is 1. The first-order valence-electron chi connectivity index (χ1n) is 8.53. The lowest BCUT2D eigenvalue weighted by Gasteiger charge is -2.16. The van der Waals surface area contributed by atoms with Crippen LogP contribution in [-0.2, 0) is 19.4 Å². The summed E-state index contributed by atoms with van der Waals surface area (Å²) < 4.78 is 11.0. The zero-order valence-corrected chi connectivity index (χ0v) is 16.5. The van der Waals surface area contributed by atoms with Crippen LogP contribution in [0.25, 0.3) is 0 Å². The van der Waals surface area contributed by atoms with Gasteiger partial charge in [0.15, 0.2) is 17.5 Å². The number of nitrogens with zero attached hydrogens (tertiary/aromatic N) is 1. The minimum Gasteiger partial charge on any atom is -0.493 e. The molecule has 1 heterocycles. The van der Waals surface area contributed by atoms with Crippen molar-refractivity contribution in [2.45, 2.75) is 19.4 Å². The van der Waals surface area contributed by atoms with Crippen LogP contribution in [0.2, 0.25) is 0 Å². The normalized spacial score (nSPS) is 11.1. The van der Waals surface area contributed by atoms with Gasteiger partial charge in [0.05, 0.1) is 14.2 Å². The Morgan fingerprint density at radius 2 is 2.12 bits per heavy atom. The first kappa shape index (κ1) is 19.8. The molecule has 6 heteroatoms. The molecule has 1 aromatic heterocycles. The molecule has 0 bridgehead atoms. The van der Waals surface area contributed by atoms with E-state index in [1.54, 1.807) is 32.6 Å². The van der Waals surface area contributed by atoms with Crippen LogP contribution in [0.5, 0.6) is 11.5 Å². The Kier molecular flexibility index (Phi) is 8.02. The highest BCUT2D eigenvalue weighted by molar-refractivity contribution is 7.09. The van der Waals surface area contributed by atoms with Gasteiger partial charge < -0.3 is 20.1 Å². The molecular formula is C20H27N3O2S. The smallest absolute Gasteiger partial charge is 0.191 e.